The van der Waals surface area contributed by atoms with Crippen LogP contribution in [-0.4, -0.2) is 26.5 Å². The first kappa shape index (κ1) is 18.7. The molecule has 0 aromatic carbocycles. The number of hydrogen-bond acceptors (Lipinski definition) is 3. The first-order valence-electron chi connectivity index (χ1n) is 8.42. The first-order valence-corrected chi connectivity index (χ1v) is 11.3. The van der Waals surface area contributed by atoms with E-state index in [-0.39, 0.29) is 23.2 Å². The molecule has 0 aromatic heterocycles. The Morgan fingerprint density at radius 2 is 2.00 bits per heavy atom. The summed E-state index contributed by atoms with van der Waals surface area (Å²) < 4.78 is 12.1. The lowest BCUT2D eigenvalue weighted by Gasteiger charge is -2.40. The first-order chi connectivity index (χ1) is 9.55. The predicted molar refractivity (Wildman–Crippen MR) is 89.9 cm³/mol. The van der Waals surface area contributed by atoms with Crippen LogP contribution in [0.2, 0.25) is 18.1 Å². The third-order valence-electron chi connectivity index (χ3n) is 4.88. The highest BCUT2D eigenvalue weighted by Gasteiger charge is 2.40. The van der Waals surface area contributed by atoms with Gasteiger partial charge >= 0.3 is 5.97 Å². The maximum atomic E-state index is 11.6. The highest BCUT2D eigenvalue weighted by molar-refractivity contribution is 6.74. The van der Waals surface area contributed by atoms with Crippen molar-refractivity contribution in [1.82, 2.24) is 0 Å². The van der Waals surface area contributed by atoms with Gasteiger partial charge < -0.3 is 9.16 Å². The number of rotatable bonds is 6. The molecule has 3 nitrogen and oxygen atoms in total. The molecule has 0 radical (unpaired) electrons. The summed E-state index contributed by atoms with van der Waals surface area (Å²) >= 11 is 0. The Balaban J connectivity index is 2.67. The molecule has 124 valence electrons. The van der Waals surface area contributed by atoms with Crippen molar-refractivity contribution >= 4 is 14.3 Å². The van der Waals surface area contributed by atoms with Gasteiger partial charge in [0.15, 0.2) is 8.32 Å². The molecule has 4 heteroatoms. The van der Waals surface area contributed by atoms with Gasteiger partial charge in [-0.3, -0.25) is 4.79 Å². The summed E-state index contributed by atoms with van der Waals surface area (Å²) in [5.41, 5.74) is 0. The number of hydrogen-bond donors (Lipinski definition) is 0. The summed E-state index contributed by atoms with van der Waals surface area (Å²) in [4.78, 5) is 11.6. The maximum absolute atomic E-state index is 11.6. The molecule has 0 bridgehead atoms. The van der Waals surface area contributed by atoms with Crippen LogP contribution in [0.15, 0.2) is 0 Å². The van der Waals surface area contributed by atoms with E-state index in [4.69, 9.17) is 9.16 Å². The highest BCUT2D eigenvalue weighted by Crippen LogP contribution is 2.38. The molecule has 0 unspecified atom stereocenters. The van der Waals surface area contributed by atoms with Crippen LogP contribution in [-0.2, 0) is 14.0 Å². The molecule has 1 aliphatic heterocycles. The number of esters is 1. The smallest absolute Gasteiger partial charge is 0.306 e. The SMILES string of the molecule is CCC[C@@H](C[C@@H]1C[C@H](C)CC(=O)O1)O[Si](C)(C)C(C)(C)C. The fourth-order valence-corrected chi connectivity index (χ4v) is 4.08. The lowest BCUT2D eigenvalue weighted by molar-refractivity contribution is -0.158. The van der Waals surface area contributed by atoms with Gasteiger partial charge in [0, 0.05) is 18.9 Å². The van der Waals surface area contributed by atoms with Crippen LogP contribution in [0, 0.1) is 5.92 Å². The van der Waals surface area contributed by atoms with Crippen molar-refractivity contribution in [3.8, 4) is 0 Å². The summed E-state index contributed by atoms with van der Waals surface area (Å²) in [6, 6.07) is 0. The fraction of sp³-hybridized carbons (Fsp3) is 0.941. The minimum atomic E-state index is -1.76. The van der Waals surface area contributed by atoms with E-state index in [1.807, 2.05) is 0 Å². The zero-order valence-electron chi connectivity index (χ0n) is 15.0. The predicted octanol–water partition coefficient (Wildman–Crippen LogP) is 4.91. The van der Waals surface area contributed by atoms with Crippen LogP contribution in [0.4, 0.5) is 0 Å². The number of ether oxygens (including phenoxy) is 1. The van der Waals surface area contributed by atoms with Crippen molar-refractivity contribution in [2.75, 3.05) is 0 Å². The summed E-state index contributed by atoms with van der Waals surface area (Å²) in [7, 11) is -1.76. The number of carbonyl (C=O) groups is 1. The third-order valence-corrected chi connectivity index (χ3v) is 9.42. The Morgan fingerprint density at radius 1 is 1.38 bits per heavy atom. The molecule has 3 atom stereocenters. The van der Waals surface area contributed by atoms with Crippen molar-refractivity contribution in [1.29, 1.82) is 0 Å². The van der Waals surface area contributed by atoms with Gasteiger partial charge in [0.05, 0.1) is 0 Å². The lowest BCUT2D eigenvalue weighted by atomic mass is 9.93. The molecular weight excluding hydrogens is 280 g/mol. The minimum absolute atomic E-state index is 0.0404. The van der Waals surface area contributed by atoms with Crippen LogP contribution in [0.1, 0.15) is 66.7 Å². The lowest BCUT2D eigenvalue weighted by Crippen LogP contribution is -2.45. The van der Waals surface area contributed by atoms with Crippen molar-refractivity contribution in [2.24, 2.45) is 5.92 Å². The molecule has 21 heavy (non-hydrogen) atoms. The maximum Gasteiger partial charge on any atom is 0.306 e. The summed E-state index contributed by atoms with van der Waals surface area (Å²) in [5.74, 6) is 0.396. The van der Waals surface area contributed by atoms with Crippen LogP contribution in [0.5, 0.6) is 0 Å². The molecule has 0 aromatic rings. The molecule has 1 saturated heterocycles. The normalized spacial score (nSPS) is 25.6. The molecule has 0 saturated carbocycles. The Bertz CT molecular complexity index is 346. The Labute approximate surface area is 131 Å². The molecule has 0 spiro atoms. The molecule has 1 heterocycles. The summed E-state index contributed by atoms with van der Waals surface area (Å²) in [6.07, 6.45) is 4.83. The molecule has 1 rings (SSSR count). The van der Waals surface area contributed by atoms with E-state index in [0.717, 1.165) is 25.7 Å². The van der Waals surface area contributed by atoms with Gasteiger partial charge in [0.2, 0.25) is 0 Å². The summed E-state index contributed by atoms with van der Waals surface area (Å²) in [5, 5.41) is 0.218. The van der Waals surface area contributed by atoms with Gasteiger partial charge in [-0.25, -0.2) is 0 Å². The van der Waals surface area contributed by atoms with Gasteiger partial charge in [0.1, 0.15) is 6.10 Å². The van der Waals surface area contributed by atoms with E-state index in [0.29, 0.717) is 12.3 Å². The largest absolute Gasteiger partial charge is 0.462 e. The van der Waals surface area contributed by atoms with Gasteiger partial charge in [-0.2, -0.15) is 0 Å². The third kappa shape index (κ3) is 5.74. The van der Waals surface area contributed by atoms with Crippen molar-refractivity contribution < 1.29 is 14.0 Å². The van der Waals surface area contributed by atoms with Crippen LogP contribution < -0.4 is 0 Å². The van der Waals surface area contributed by atoms with Gasteiger partial charge in [-0.15, -0.1) is 0 Å². The Hall–Kier alpha value is -0.353. The standard InChI is InChI=1S/C17H34O3Si/c1-8-9-14(20-21(6,7)17(3,4)5)12-15-10-13(2)11-16(18)19-15/h13-15H,8-12H2,1-7H3/t13-,14-,15-/m0/s1. The Morgan fingerprint density at radius 3 is 2.48 bits per heavy atom. The monoisotopic (exact) mass is 314 g/mol. The van der Waals surface area contributed by atoms with Crippen molar-refractivity contribution in [3.63, 3.8) is 0 Å². The molecule has 0 amide bonds. The van der Waals surface area contributed by atoms with E-state index in [9.17, 15) is 4.79 Å². The molecule has 0 N–H and O–H groups in total. The summed E-state index contributed by atoms with van der Waals surface area (Å²) in [6.45, 7) is 15.7. The second-order valence-electron chi connectivity index (χ2n) is 8.18. The second kappa shape index (κ2) is 7.27. The van der Waals surface area contributed by atoms with Crippen LogP contribution in [0.25, 0.3) is 0 Å². The quantitative estimate of drug-likeness (QED) is 0.516. The van der Waals surface area contributed by atoms with Crippen LogP contribution in [0.3, 0.4) is 0 Å². The van der Waals surface area contributed by atoms with Crippen molar-refractivity contribution in [3.05, 3.63) is 0 Å². The van der Waals surface area contributed by atoms with E-state index in [2.05, 4.69) is 47.7 Å². The average molecular weight is 315 g/mol. The zero-order valence-corrected chi connectivity index (χ0v) is 16.0. The van der Waals surface area contributed by atoms with Gasteiger partial charge in [-0.05, 0) is 36.9 Å². The molecule has 1 fully saturated rings. The number of carbonyl (C=O) groups excluding carboxylic acids is 1. The molecule has 1 aliphatic rings. The van der Waals surface area contributed by atoms with E-state index < -0.39 is 8.32 Å². The van der Waals surface area contributed by atoms with Crippen molar-refractivity contribution in [2.45, 2.75) is 97.1 Å². The highest BCUT2D eigenvalue weighted by atomic mass is 28.4. The number of cyclic esters (lactones) is 1. The fourth-order valence-electron chi connectivity index (χ4n) is 2.68. The van der Waals surface area contributed by atoms with Gasteiger partial charge in [0.25, 0.3) is 0 Å². The van der Waals surface area contributed by atoms with E-state index in [1.165, 1.54) is 0 Å². The Kier molecular flexibility index (Phi) is 6.48. The zero-order chi connectivity index (χ0) is 16.3. The van der Waals surface area contributed by atoms with E-state index >= 15 is 0 Å². The molecule has 0 aliphatic carbocycles. The topological polar surface area (TPSA) is 35.5 Å². The second-order valence-corrected chi connectivity index (χ2v) is 12.9. The molecular formula is C17H34O3Si. The van der Waals surface area contributed by atoms with E-state index in [1.54, 1.807) is 0 Å². The minimum Gasteiger partial charge on any atom is -0.462 e. The van der Waals surface area contributed by atoms with Crippen LogP contribution >= 0.6 is 0 Å². The van der Waals surface area contributed by atoms with Gasteiger partial charge in [-0.1, -0.05) is 41.0 Å². The average Bonchev–Trinajstić information content (AvgIpc) is 2.25.